The Bertz CT molecular complexity index is 721. The maximum absolute atomic E-state index is 11.5. The van der Waals surface area contributed by atoms with E-state index in [1.54, 1.807) is 6.92 Å². The Labute approximate surface area is 134 Å². The van der Waals surface area contributed by atoms with Gasteiger partial charge in [0.15, 0.2) is 0 Å². The Morgan fingerprint density at radius 3 is 2.30 bits per heavy atom. The zero-order valence-corrected chi connectivity index (χ0v) is 13.2. The molecule has 0 radical (unpaired) electrons. The Kier molecular flexibility index (Phi) is 4.10. The molecule has 0 bridgehead atoms. The third kappa shape index (κ3) is 2.94. The maximum Gasteiger partial charge on any atom is 0.372 e. The number of hydrogen-bond acceptors (Lipinski definition) is 6. The number of nitro groups is 1. The van der Waals surface area contributed by atoms with Gasteiger partial charge in [-0.25, -0.2) is 4.98 Å². The van der Waals surface area contributed by atoms with Crippen LogP contribution in [0.5, 0.6) is 5.88 Å². The first-order valence-corrected chi connectivity index (χ1v) is 7.49. The average molecular weight is 314 g/mol. The van der Waals surface area contributed by atoms with Crippen LogP contribution in [0.3, 0.4) is 0 Å². The van der Waals surface area contributed by atoms with Gasteiger partial charge in [0.25, 0.3) is 5.88 Å². The summed E-state index contributed by atoms with van der Waals surface area (Å²) in [6.45, 7) is 3.07. The molecular formula is C16H18N4O3. The smallest absolute Gasteiger partial charge is 0.372 e. The topological polar surface area (TPSA) is 81.4 Å². The van der Waals surface area contributed by atoms with E-state index in [4.69, 9.17) is 4.74 Å². The quantitative estimate of drug-likeness (QED) is 0.639. The van der Waals surface area contributed by atoms with Crippen molar-refractivity contribution in [3.05, 3.63) is 51.3 Å². The lowest BCUT2D eigenvalue weighted by Gasteiger charge is -2.21. The minimum atomic E-state index is -0.467. The normalized spacial score (nSPS) is 14.1. The molecule has 0 spiro atoms. The number of hydrogen-bond donors (Lipinski definition) is 0. The Hall–Kier alpha value is -2.70. The molecule has 1 aliphatic heterocycles. The third-order valence-corrected chi connectivity index (χ3v) is 4.04. The van der Waals surface area contributed by atoms with E-state index in [1.807, 2.05) is 17.0 Å². The van der Waals surface area contributed by atoms with E-state index in [-0.39, 0.29) is 11.6 Å². The van der Waals surface area contributed by atoms with Gasteiger partial charge in [-0.1, -0.05) is 24.3 Å². The molecule has 1 aromatic heterocycles. The van der Waals surface area contributed by atoms with Gasteiger partial charge in [0.2, 0.25) is 5.82 Å². The first-order chi connectivity index (χ1) is 11.1. The minimum Gasteiger partial charge on any atom is -0.476 e. The highest BCUT2D eigenvalue weighted by Gasteiger charge is 2.29. The fraction of sp³-hybridized carbons (Fsp3) is 0.375. The highest BCUT2D eigenvalue weighted by Crippen LogP contribution is 2.35. The highest BCUT2D eigenvalue weighted by atomic mass is 16.6. The second-order valence-corrected chi connectivity index (χ2v) is 5.47. The van der Waals surface area contributed by atoms with Gasteiger partial charge in [-0.2, -0.15) is 4.98 Å². The lowest BCUT2D eigenvalue weighted by molar-refractivity contribution is -0.385. The van der Waals surface area contributed by atoms with Crippen molar-refractivity contribution >= 4 is 11.5 Å². The number of methoxy groups -OCH3 is 1. The van der Waals surface area contributed by atoms with Crippen molar-refractivity contribution in [2.75, 3.05) is 25.1 Å². The molecule has 0 N–H and O–H groups in total. The van der Waals surface area contributed by atoms with Crippen molar-refractivity contribution in [2.45, 2.75) is 19.8 Å². The number of anilines is 1. The molecule has 0 unspecified atom stereocenters. The van der Waals surface area contributed by atoms with E-state index < -0.39 is 4.92 Å². The van der Waals surface area contributed by atoms with Crippen molar-refractivity contribution in [3.63, 3.8) is 0 Å². The first-order valence-electron chi connectivity index (χ1n) is 7.49. The van der Waals surface area contributed by atoms with Crippen LogP contribution in [0.1, 0.15) is 17.0 Å². The van der Waals surface area contributed by atoms with E-state index in [9.17, 15) is 10.1 Å². The number of aryl methyl sites for hydroxylation is 1. The molecule has 0 atom stereocenters. The molecule has 0 saturated carbocycles. The van der Waals surface area contributed by atoms with E-state index in [2.05, 4.69) is 22.1 Å². The lowest BCUT2D eigenvalue weighted by Crippen LogP contribution is -2.28. The van der Waals surface area contributed by atoms with Crippen LogP contribution >= 0.6 is 0 Å². The molecule has 1 aromatic carbocycles. The zero-order valence-electron chi connectivity index (χ0n) is 13.2. The molecule has 7 heteroatoms. The lowest BCUT2D eigenvalue weighted by atomic mass is 10.0. The van der Waals surface area contributed by atoms with Crippen LogP contribution in [0.15, 0.2) is 24.3 Å². The molecule has 23 heavy (non-hydrogen) atoms. The van der Waals surface area contributed by atoms with Crippen LogP contribution in [0.4, 0.5) is 11.5 Å². The van der Waals surface area contributed by atoms with E-state index in [1.165, 1.54) is 18.2 Å². The third-order valence-electron chi connectivity index (χ3n) is 4.04. The SMILES string of the molecule is COc1nc(C)nc(N2CCc3ccccc3CC2)c1[N+](=O)[O-]. The van der Waals surface area contributed by atoms with Gasteiger partial charge in [-0.3, -0.25) is 10.1 Å². The Balaban J connectivity index is 1.99. The summed E-state index contributed by atoms with van der Waals surface area (Å²) in [6.07, 6.45) is 1.66. The summed E-state index contributed by atoms with van der Waals surface area (Å²) < 4.78 is 5.09. The predicted octanol–water partition coefficient (Wildman–Crippen LogP) is 2.31. The van der Waals surface area contributed by atoms with Gasteiger partial charge in [0.1, 0.15) is 5.82 Å². The van der Waals surface area contributed by atoms with Crippen LogP contribution in [0.2, 0.25) is 0 Å². The standard InChI is InChI=1S/C16H18N4O3/c1-11-17-15(14(20(21)22)16(18-11)23-2)19-9-7-12-5-3-4-6-13(12)8-10-19/h3-6H,7-10H2,1-2H3. The number of aromatic nitrogens is 2. The number of ether oxygens (including phenoxy) is 1. The molecule has 0 aliphatic carbocycles. The van der Waals surface area contributed by atoms with Gasteiger partial charge in [0.05, 0.1) is 12.0 Å². The van der Waals surface area contributed by atoms with Gasteiger partial charge in [-0.15, -0.1) is 0 Å². The molecule has 120 valence electrons. The van der Waals surface area contributed by atoms with Gasteiger partial charge in [-0.05, 0) is 30.9 Å². The molecule has 7 nitrogen and oxygen atoms in total. The molecule has 0 saturated heterocycles. The summed E-state index contributed by atoms with van der Waals surface area (Å²) in [4.78, 5) is 21.3. The fourth-order valence-corrected chi connectivity index (χ4v) is 2.93. The van der Waals surface area contributed by atoms with E-state index in [0.29, 0.717) is 24.7 Å². The van der Waals surface area contributed by atoms with Crippen LogP contribution in [0.25, 0.3) is 0 Å². The van der Waals surface area contributed by atoms with E-state index >= 15 is 0 Å². The summed E-state index contributed by atoms with van der Waals surface area (Å²) in [5, 5.41) is 11.5. The number of fused-ring (bicyclic) bond motifs is 1. The van der Waals surface area contributed by atoms with Crippen molar-refractivity contribution in [2.24, 2.45) is 0 Å². The monoisotopic (exact) mass is 314 g/mol. The number of benzene rings is 1. The Morgan fingerprint density at radius 1 is 1.17 bits per heavy atom. The summed E-state index contributed by atoms with van der Waals surface area (Å²) >= 11 is 0. The molecule has 3 rings (SSSR count). The van der Waals surface area contributed by atoms with Gasteiger partial charge in [0, 0.05) is 13.1 Å². The molecule has 0 amide bonds. The fourth-order valence-electron chi connectivity index (χ4n) is 2.93. The molecule has 0 fully saturated rings. The van der Waals surface area contributed by atoms with Crippen LogP contribution < -0.4 is 9.64 Å². The summed E-state index contributed by atoms with van der Waals surface area (Å²) in [6, 6.07) is 8.27. The second kappa shape index (κ2) is 6.20. The summed E-state index contributed by atoms with van der Waals surface area (Å²) in [7, 11) is 1.39. The first kappa shape index (κ1) is 15.2. The number of rotatable bonds is 3. The largest absolute Gasteiger partial charge is 0.476 e. The van der Waals surface area contributed by atoms with E-state index in [0.717, 1.165) is 12.8 Å². The molecular weight excluding hydrogens is 296 g/mol. The molecule has 2 aromatic rings. The van der Waals surface area contributed by atoms with Crippen LogP contribution in [-0.4, -0.2) is 35.1 Å². The zero-order chi connectivity index (χ0) is 16.4. The number of nitrogens with zero attached hydrogens (tertiary/aromatic N) is 4. The van der Waals surface area contributed by atoms with Crippen molar-refractivity contribution in [3.8, 4) is 5.88 Å². The summed E-state index contributed by atoms with van der Waals surface area (Å²) in [5.74, 6) is 0.815. The van der Waals surface area contributed by atoms with Gasteiger partial charge < -0.3 is 9.64 Å². The van der Waals surface area contributed by atoms with Gasteiger partial charge >= 0.3 is 5.69 Å². The van der Waals surface area contributed by atoms with Crippen LogP contribution in [-0.2, 0) is 12.8 Å². The average Bonchev–Trinajstić information content (AvgIpc) is 2.76. The summed E-state index contributed by atoms with van der Waals surface area (Å²) in [5.41, 5.74) is 2.41. The minimum absolute atomic E-state index is 0.0132. The van der Waals surface area contributed by atoms with Crippen molar-refractivity contribution < 1.29 is 9.66 Å². The molecule has 2 heterocycles. The van der Waals surface area contributed by atoms with Crippen LogP contribution in [0, 0.1) is 17.0 Å². The second-order valence-electron chi connectivity index (χ2n) is 5.47. The van der Waals surface area contributed by atoms with Crippen molar-refractivity contribution in [1.29, 1.82) is 0 Å². The van der Waals surface area contributed by atoms with Crippen molar-refractivity contribution in [1.82, 2.24) is 9.97 Å². The maximum atomic E-state index is 11.5. The predicted molar refractivity (Wildman–Crippen MR) is 86.0 cm³/mol. The molecule has 1 aliphatic rings. The Morgan fingerprint density at radius 2 is 1.78 bits per heavy atom. The highest BCUT2D eigenvalue weighted by molar-refractivity contribution is 5.63.